The first-order chi connectivity index (χ1) is 7.53. The largest absolute Gasteiger partial charge is 0.314 e. The van der Waals surface area contributed by atoms with Crippen molar-refractivity contribution in [3.63, 3.8) is 0 Å². The van der Waals surface area contributed by atoms with Crippen LogP contribution in [0.5, 0.6) is 0 Å². The van der Waals surface area contributed by atoms with Crippen LogP contribution in [0.25, 0.3) is 0 Å². The minimum Gasteiger partial charge on any atom is -0.314 e. The Bertz CT molecular complexity index is 185. The average Bonchev–Trinajstić information content (AvgIpc) is 2.17. The van der Waals surface area contributed by atoms with Crippen LogP contribution in [-0.2, 0) is 0 Å². The van der Waals surface area contributed by atoms with Crippen LogP contribution in [0.2, 0.25) is 0 Å². The van der Waals surface area contributed by atoms with Crippen LogP contribution in [0.4, 0.5) is 4.39 Å². The van der Waals surface area contributed by atoms with E-state index in [9.17, 15) is 4.39 Å². The zero-order valence-corrected chi connectivity index (χ0v) is 11.2. The van der Waals surface area contributed by atoms with Crippen molar-refractivity contribution in [1.29, 1.82) is 0 Å². The monoisotopic (exact) mass is 229 g/mol. The normalized spacial score (nSPS) is 27.4. The summed E-state index contributed by atoms with van der Waals surface area (Å²) < 4.78 is 14.4. The Kier molecular flexibility index (Phi) is 5.74. The van der Waals surface area contributed by atoms with Crippen LogP contribution >= 0.6 is 0 Å². The number of rotatable bonds is 6. The Hall–Kier alpha value is -0.110. The summed E-state index contributed by atoms with van der Waals surface area (Å²) in [5.74, 6) is 0.517. The van der Waals surface area contributed by atoms with Gasteiger partial charge in [0.2, 0.25) is 0 Å². The molecule has 0 bridgehead atoms. The summed E-state index contributed by atoms with van der Waals surface area (Å²) in [7, 11) is 0. The van der Waals surface area contributed by atoms with E-state index in [0.29, 0.717) is 18.4 Å². The summed E-state index contributed by atoms with van der Waals surface area (Å²) >= 11 is 0. The van der Waals surface area contributed by atoms with Crippen molar-refractivity contribution in [2.24, 2.45) is 5.92 Å². The Morgan fingerprint density at radius 1 is 1.44 bits per heavy atom. The van der Waals surface area contributed by atoms with E-state index >= 15 is 0 Å². The van der Waals surface area contributed by atoms with Gasteiger partial charge < -0.3 is 5.32 Å². The van der Waals surface area contributed by atoms with Gasteiger partial charge in [-0.15, -0.1) is 0 Å². The van der Waals surface area contributed by atoms with E-state index in [4.69, 9.17) is 0 Å². The van der Waals surface area contributed by atoms with Gasteiger partial charge in [0.1, 0.15) is 5.67 Å². The van der Waals surface area contributed by atoms with Crippen LogP contribution in [0.15, 0.2) is 0 Å². The molecule has 0 aliphatic carbocycles. The molecule has 0 spiro atoms. The fourth-order valence-electron chi connectivity index (χ4n) is 3.02. The smallest absolute Gasteiger partial charge is 0.110 e. The van der Waals surface area contributed by atoms with Crippen LogP contribution in [-0.4, -0.2) is 18.3 Å². The molecule has 0 amide bonds. The SMILES string of the molecule is CCCC(C)CC(C)(F)CC1CCCCN1. The fourth-order valence-corrected chi connectivity index (χ4v) is 3.02. The maximum absolute atomic E-state index is 14.4. The van der Waals surface area contributed by atoms with E-state index < -0.39 is 5.67 Å². The van der Waals surface area contributed by atoms with E-state index in [-0.39, 0.29) is 0 Å². The molecule has 96 valence electrons. The Morgan fingerprint density at radius 2 is 2.19 bits per heavy atom. The third-order valence-corrected chi connectivity index (χ3v) is 3.64. The number of hydrogen-bond acceptors (Lipinski definition) is 1. The van der Waals surface area contributed by atoms with Crippen molar-refractivity contribution in [3.8, 4) is 0 Å². The molecule has 0 saturated carbocycles. The zero-order chi connectivity index (χ0) is 12.0. The molecule has 1 fully saturated rings. The number of nitrogens with one attached hydrogen (secondary N) is 1. The second-order valence-electron chi connectivity index (χ2n) is 5.86. The molecule has 1 aliphatic heterocycles. The topological polar surface area (TPSA) is 12.0 Å². The van der Waals surface area contributed by atoms with Gasteiger partial charge in [0.05, 0.1) is 0 Å². The van der Waals surface area contributed by atoms with Crippen molar-refractivity contribution < 1.29 is 4.39 Å². The minimum absolute atomic E-state index is 0.414. The highest BCUT2D eigenvalue weighted by Gasteiger charge is 2.29. The van der Waals surface area contributed by atoms with Crippen LogP contribution < -0.4 is 5.32 Å². The lowest BCUT2D eigenvalue weighted by atomic mass is 9.85. The molecule has 0 radical (unpaired) electrons. The highest BCUT2D eigenvalue weighted by Crippen LogP contribution is 2.30. The van der Waals surface area contributed by atoms with Crippen molar-refractivity contribution in [2.75, 3.05) is 6.54 Å². The molecule has 1 rings (SSSR count). The quantitative estimate of drug-likeness (QED) is 0.724. The maximum atomic E-state index is 14.4. The van der Waals surface area contributed by atoms with Gasteiger partial charge >= 0.3 is 0 Å². The maximum Gasteiger partial charge on any atom is 0.110 e. The highest BCUT2D eigenvalue weighted by atomic mass is 19.1. The van der Waals surface area contributed by atoms with Gasteiger partial charge in [-0.2, -0.15) is 0 Å². The number of piperidine rings is 1. The van der Waals surface area contributed by atoms with Gasteiger partial charge in [0, 0.05) is 6.04 Å². The minimum atomic E-state index is -0.983. The van der Waals surface area contributed by atoms with E-state index in [1.807, 2.05) is 0 Å². The Labute approximate surface area is 100 Å². The molecular weight excluding hydrogens is 201 g/mol. The number of hydrogen-bond donors (Lipinski definition) is 1. The molecule has 1 saturated heterocycles. The van der Waals surface area contributed by atoms with Crippen LogP contribution in [0.3, 0.4) is 0 Å². The van der Waals surface area contributed by atoms with Gasteiger partial charge in [-0.25, -0.2) is 4.39 Å². The lowest BCUT2D eigenvalue weighted by molar-refractivity contribution is 0.112. The summed E-state index contributed by atoms with van der Waals surface area (Å²) in [4.78, 5) is 0. The van der Waals surface area contributed by atoms with Crippen molar-refractivity contribution in [2.45, 2.75) is 77.4 Å². The molecule has 0 aromatic rings. The summed E-state index contributed by atoms with van der Waals surface area (Å²) in [6.45, 7) is 7.21. The molecule has 16 heavy (non-hydrogen) atoms. The molecule has 2 heteroatoms. The molecule has 1 N–H and O–H groups in total. The first kappa shape index (κ1) is 14.0. The first-order valence-electron chi connectivity index (χ1n) is 6.96. The van der Waals surface area contributed by atoms with Crippen molar-refractivity contribution in [3.05, 3.63) is 0 Å². The number of alkyl halides is 1. The van der Waals surface area contributed by atoms with Gasteiger partial charge in [0.25, 0.3) is 0 Å². The molecule has 3 unspecified atom stereocenters. The predicted molar refractivity (Wildman–Crippen MR) is 68.5 cm³/mol. The standard InChI is InChI=1S/C14H28FN/c1-4-7-12(2)10-14(3,15)11-13-8-5-6-9-16-13/h12-13,16H,4-11H2,1-3H3. The zero-order valence-electron chi connectivity index (χ0n) is 11.2. The third kappa shape index (κ3) is 5.29. The van der Waals surface area contributed by atoms with Crippen LogP contribution in [0.1, 0.15) is 65.7 Å². The van der Waals surface area contributed by atoms with Gasteiger partial charge in [0.15, 0.2) is 0 Å². The summed E-state index contributed by atoms with van der Waals surface area (Å²) in [5, 5.41) is 3.44. The van der Waals surface area contributed by atoms with Gasteiger partial charge in [-0.05, 0) is 45.1 Å². The third-order valence-electron chi connectivity index (χ3n) is 3.64. The van der Waals surface area contributed by atoms with E-state index in [1.165, 1.54) is 19.3 Å². The van der Waals surface area contributed by atoms with E-state index in [0.717, 1.165) is 25.8 Å². The first-order valence-corrected chi connectivity index (χ1v) is 6.96. The second-order valence-corrected chi connectivity index (χ2v) is 5.86. The molecule has 1 aliphatic rings. The predicted octanol–water partition coefficient (Wildman–Crippen LogP) is 4.07. The summed E-state index contributed by atoms with van der Waals surface area (Å²) in [5.41, 5.74) is -0.983. The average molecular weight is 229 g/mol. The molecule has 3 atom stereocenters. The van der Waals surface area contributed by atoms with E-state index in [1.54, 1.807) is 6.92 Å². The number of halogens is 1. The van der Waals surface area contributed by atoms with Crippen LogP contribution in [0, 0.1) is 5.92 Å². The van der Waals surface area contributed by atoms with Crippen molar-refractivity contribution in [1.82, 2.24) is 5.32 Å². The molecule has 1 nitrogen and oxygen atoms in total. The lowest BCUT2D eigenvalue weighted by Crippen LogP contribution is -2.39. The summed E-state index contributed by atoms with van der Waals surface area (Å²) in [6.07, 6.45) is 7.41. The fraction of sp³-hybridized carbons (Fsp3) is 1.00. The Morgan fingerprint density at radius 3 is 2.75 bits per heavy atom. The summed E-state index contributed by atoms with van der Waals surface area (Å²) in [6, 6.07) is 0.414. The van der Waals surface area contributed by atoms with Gasteiger partial charge in [-0.1, -0.05) is 33.1 Å². The Balaban J connectivity index is 2.31. The van der Waals surface area contributed by atoms with E-state index in [2.05, 4.69) is 19.2 Å². The lowest BCUT2D eigenvalue weighted by Gasteiger charge is -2.31. The molecule has 0 aromatic carbocycles. The highest BCUT2D eigenvalue weighted by molar-refractivity contribution is 4.84. The van der Waals surface area contributed by atoms with Crippen molar-refractivity contribution >= 4 is 0 Å². The second kappa shape index (κ2) is 6.58. The van der Waals surface area contributed by atoms with Gasteiger partial charge in [-0.3, -0.25) is 0 Å². The molecular formula is C14H28FN. The molecule has 1 heterocycles. The molecule has 0 aromatic heterocycles.